The van der Waals surface area contributed by atoms with Crippen molar-refractivity contribution in [2.75, 3.05) is 18.6 Å². The number of nitrogens with zero attached hydrogens (tertiary/aromatic N) is 6. The summed E-state index contributed by atoms with van der Waals surface area (Å²) < 4.78 is 43.6. The normalized spacial score (nSPS) is 17.8. The van der Waals surface area contributed by atoms with Crippen LogP contribution in [-0.2, 0) is 19.1 Å². The molecule has 2 heterocycles. The van der Waals surface area contributed by atoms with Crippen LogP contribution in [0.15, 0.2) is 82.7 Å². The van der Waals surface area contributed by atoms with Crippen LogP contribution in [0.5, 0.6) is 0 Å². The van der Waals surface area contributed by atoms with E-state index in [1.54, 1.807) is 24.2 Å². The van der Waals surface area contributed by atoms with Gasteiger partial charge in [-0.2, -0.15) is 23.5 Å². The fourth-order valence-corrected chi connectivity index (χ4v) is 7.09. The van der Waals surface area contributed by atoms with E-state index in [-0.39, 0.29) is 17.6 Å². The number of nitrogens with one attached hydrogen (secondary N) is 1. The fraction of sp³-hybridized carbons (Fsp3) is 0.368. The van der Waals surface area contributed by atoms with Crippen LogP contribution in [0.1, 0.15) is 72.3 Å². The molecule has 0 spiro atoms. The lowest BCUT2D eigenvalue weighted by atomic mass is 9.97. The van der Waals surface area contributed by atoms with Gasteiger partial charge >= 0.3 is 17.9 Å². The smallest absolute Gasteiger partial charge is 0.335 e. The Morgan fingerprint density at radius 2 is 1.80 bits per heavy atom. The van der Waals surface area contributed by atoms with Crippen molar-refractivity contribution in [3.05, 3.63) is 117 Å². The second-order valence-corrected chi connectivity index (χ2v) is 13.2. The fourth-order valence-electron chi connectivity index (χ4n) is 7.09. The predicted octanol–water partition coefficient (Wildman–Crippen LogP) is 7.20. The third kappa shape index (κ3) is 7.09. The molecule has 9 nitrogen and oxygen atoms in total. The summed E-state index contributed by atoms with van der Waals surface area (Å²) in [5.41, 5.74) is 2.26. The van der Waals surface area contributed by atoms with Crippen molar-refractivity contribution in [1.29, 1.82) is 5.26 Å². The van der Waals surface area contributed by atoms with Crippen molar-refractivity contribution in [3.8, 4) is 11.8 Å². The van der Waals surface area contributed by atoms with Gasteiger partial charge in [-0.3, -0.25) is 9.58 Å². The highest BCUT2D eigenvalue weighted by molar-refractivity contribution is 5.80. The number of alkyl halides is 3. The van der Waals surface area contributed by atoms with E-state index in [4.69, 9.17) is 5.10 Å². The molecule has 0 saturated heterocycles. The van der Waals surface area contributed by atoms with E-state index in [0.29, 0.717) is 35.6 Å². The summed E-state index contributed by atoms with van der Waals surface area (Å²) in [4.78, 5) is 30.5. The lowest BCUT2D eigenvalue weighted by Gasteiger charge is -2.30. The first-order valence-electron chi connectivity index (χ1n) is 16.9. The van der Waals surface area contributed by atoms with Crippen LogP contribution in [0, 0.1) is 24.2 Å². The van der Waals surface area contributed by atoms with Crippen molar-refractivity contribution < 1.29 is 18.0 Å². The molecule has 1 amide bonds. The average molecular weight is 684 g/mol. The Kier molecular flexibility index (Phi) is 9.97. The zero-order valence-electron chi connectivity index (χ0n) is 28.3. The van der Waals surface area contributed by atoms with Crippen LogP contribution in [0.25, 0.3) is 5.69 Å². The predicted molar refractivity (Wildman–Crippen MR) is 186 cm³/mol. The van der Waals surface area contributed by atoms with E-state index >= 15 is 0 Å². The molecule has 1 fully saturated rings. The minimum Gasteiger partial charge on any atom is -0.335 e. The number of benzene rings is 3. The van der Waals surface area contributed by atoms with Gasteiger partial charge in [-0.1, -0.05) is 56.2 Å². The lowest BCUT2D eigenvalue weighted by Crippen LogP contribution is -2.43. The monoisotopic (exact) mass is 683 g/mol. The molecular formula is C38H40F3N7O2. The molecule has 1 aliphatic carbocycles. The number of imidazole rings is 1. The molecule has 4 aromatic rings. The van der Waals surface area contributed by atoms with Crippen molar-refractivity contribution in [2.45, 2.75) is 70.8 Å². The molecule has 1 aromatic heterocycles. The van der Waals surface area contributed by atoms with Crippen LogP contribution in [0.3, 0.4) is 0 Å². The second kappa shape index (κ2) is 14.4. The molecule has 3 aromatic carbocycles. The SMILES string of the molecule is Cc1c(C2C(C)C=NN2c2ccc(C#N)cc2CCN(C)Cc2ccccc2)n(C(=O)NC2CCCC2)c(=O)n1-c1cccc(C(F)(F)F)c1. The van der Waals surface area contributed by atoms with Crippen molar-refractivity contribution >= 4 is 17.9 Å². The first kappa shape index (κ1) is 34.7. The minimum atomic E-state index is -4.62. The van der Waals surface area contributed by atoms with Gasteiger partial charge in [0.1, 0.15) is 6.04 Å². The molecule has 2 atom stereocenters. The topological polar surface area (TPSA) is 98.7 Å². The maximum absolute atomic E-state index is 14.3. The van der Waals surface area contributed by atoms with Gasteiger partial charge in [-0.25, -0.2) is 14.2 Å². The first-order valence-corrected chi connectivity index (χ1v) is 16.9. The molecular weight excluding hydrogens is 643 g/mol. The summed E-state index contributed by atoms with van der Waals surface area (Å²) in [5, 5.41) is 19.3. The Labute approximate surface area is 289 Å². The van der Waals surface area contributed by atoms with Crippen molar-refractivity contribution in [3.63, 3.8) is 0 Å². The summed E-state index contributed by atoms with van der Waals surface area (Å²) >= 11 is 0. The van der Waals surface area contributed by atoms with Crippen LogP contribution in [-0.4, -0.2) is 45.9 Å². The molecule has 50 heavy (non-hydrogen) atoms. The van der Waals surface area contributed by atoms with Gasteiger partial charge in [0.25, 0.3) is 0 Å². The summed E-state index contributed by atoms with van der Waals surface area (Å²) in [6.45, 7) is 4.99. The van der Waals surface area contributed by atoms with Gasteiger partial charge < -0.3 is 10.2 Å². The number of anilines is 1. The van der Waals surface area contributed by atoms with Gasteiger partial charge in [-0.15, -0.1) is 0 Å². The van der Waals surface area contributed by atoms with E-state index in [2.05, 4.69) is 28.4 Å². The maximum Gasteiger partial charge on any atom is 0.416 e. The van der Waals surface area contributed by atoms with E-state index in [9.17, 15) is 28.0 Å². The number of hydrogen-bond acceptors (Lipinski definition) is 6. The number of rotatable bonds is 9. The molecule has 1 aliphatic heterocycles. The van der Waals surface area contributed by atoms with Gasteiger partial charge in [-0.05, 0) is 80.8 Å². The maximum atomic E-state index is 14.3. The van der Waals surface area contributed by atoms with Gasteiger partial charge in [0.05, 0.1) is 34.3 Å². The van der Waals surface area contributed by atoms with Crippen LogP contribution >= 0.6 is 0 Å². The van der Waals surface area contributed by atoms with Crippen LogP contribution in [0.4, 0.5) is 23.7 Å². The number of halogens is 3. The number of likely N-dealkylation sites (N-methyl/N-ethyl adjacent to an activating group) is 1. The summed E-state index contributed by atoms with van der Waals surface area (Å²) in [6.07, 6.45) is 1.20. The minimum absolute atomic E-state index is 0.00891. The molecule has 0 bridgehead atoms. The van der Waals surface area contributed by atoms with E-state index < -0.39 is 29.5 Å². The third-order valence-electron chi connectivity index (χ3n) is 9.63. The molecule has 2 aliphatic rings. The van der Waals surface area contributed by atoms with Crippen LogP contribution < -0.4 is 16.0 Å². The Balaban J connectivity index is 1.42. The van der Waals surface area contributed by atoms with Crippen LogP contribution in [0.2, 0.25) is 0 Å². The molecule has 1 N–H and O–H groups in total. The Morgan fingerprint density at radius 1 is 1.06 bits per heavy atom. The Hall–Kier alpha value is -5.15. The number of nitriles is 1. The summed E-state index contributed by atoms with van der Waals surface area (Å²) in [7, 11) is 2.03. The molecule has 6 rings (SSSR count). The van der Waals surface area contributed by atoms with Gasteiger partial charge in [0.15, 0.2) is 0 Å². The summed E-state index contributed by atoms with van der Waals surface area (Å²) in [5.74, 6) is -0.291. The van der Waals surface area contributed by atoms with E-state index in [1.165, 1.54) is 22.3 Å². The highest BCUT2D eigenvalue weighted by Gasteiger charge is 2.39. The van der Waals surface area contributed by atoms with Crippen molar-refractivity contribution in [2.24, 2.45) is 11.0 Å². The standard InChI is InChI=1S/C38H40F3N7O2/c1-25-23-43-48(33-17-16-28(22-42)20-29(33)18-19-45(3)24-27-10-5-4-6-11-27)34(25)35-26(2)46(32-15-9-12-30(21-32)38(39,40)41)37(50)47(35)36(49)44-31-13-7-8-14-31/h4-6,9-12,15-17,20-21,23,25,31,34H,7-8,13-14,18-19,24H2,1-3H3,(H,44,49). The zero-order chi connectivity index (χ0) is 35.6. The Bertz CT molecular complexity index is 1990. The van der Waals surface area contributed by atoms with Crippen molar-refractivity contribution in [1.82, 2.24) is 19.4 Å². The lowest BCUT2D eigenvalue weighted by molar-refractivity contribution is -0.137. The highest BCUT2D eigenvalue weighted by Crippen LogP contribution is 2.40. The van der Waals surface area contributed by atoms with Gasteiger partial charge in [0, 0.05) is 37.0 Å². The average Bonchev–Trinajstić information content (AvgIpc) is 3.81. The van der Waals surface area contributed by atoms with Gasteiger partial charge in [0.2, 0.25) is 0 Å². The quantitative estimate of drug-likeness (QED) is 0.201. The molecule has 2 unspecified atom stereocenters. The number of carbonyl (C=O) groups excluding carboxylic acids is 1. The molecule has 0 radical (unpaired) electrons. The Morgan fingerprint density at radius 3 is 2.50 bits per heavy atom. The molecule has 260 valence electrons. The number of carbonyl (C=O) groups is 1. The van der Waals surface area contributed by atoms with E-state index in [1.807, 2.05) is 44.3 Å². The number of hydrazone groups is 1. The second-order valence-electron chi connectivity index (χ2n) is 13.2. The number of hydrogen-bond donors (Lipinski definition) is 1. The largest absolute Gasteiger partial charge is 0.416 e. The first-order chi connectivity index (χ1) is 24.0. The highest BCUT2D eigenvalue weighted by atomic mass is 19.4. The summed E-state index contributed by atoms with van der Waals surface area (Å²) in [6, 6.07) is 20.9. The third-order valence-corrected chi connectivity index (χ3v) is 9.63. The number of aromatic nitrogens is 2. The molecule has 12 heteroatoms. The zero-order valence-corrected chi connectivity index (χ0v) is 28.3. The number of amides is 1. The van der Waals surface area contributed by atoms with E-state index in [0.717, 1.165) is 54.5 Å². The molecule has 1 saturated carbocycles.